The van der Waals surface area contributed by atoms with Gasteiger partial charge in [0.1, 0.15) is 4.90 Å². The predicted octanol–water partition coefficient (Wildman–Crippen LogP) is 4.13. The van der Waals surface area contributed by atoms with Crippen molar-refractivity contribution < 1.29 is 12.8 Å². The Labute approximate surface area is 146 Å². The zero-order valence-corrected chi connectivity index (χ0v) is 15.7. The van der Waals surface area contributed by atoms with E-state index in [0.717, 1.165) is 15.4 Å². The van der Waals surface area contributed by atoms with Crippen molar-refractivity contribution in [2.75, 3.05) is 5.73 Å². The highest BCUT2D eigenvalue weighted by Crippen LogP contribution is 2.34. The first-order chi connectivity index (χ1) is 9.72. The van der Waals surface area contributed by atoms with Gasteiger partial charge in [-0.25, -0.2) is 17.5 Å². The number of hydrogen-bond donors (Lipinski definition) is 2. The summed E-state index contributed by atoms with van der Waals surface area (Å²) in [6.07, 6.45) is 0. The van der Waals surface area contributed by atoms with Crippen LogP contribution < -0.4 is 10.5 Å². The van der Waals surface area contributed by atoms with Crippen molar-refractivity contribution in [1.82, 2.24) is 4.72 Å². The second-order valence-corrected chi connectivity index (χ2v) is 8.80. The third-order valence-electron chi connectivity index (χ3n) is 2.50. The first kappa shape index (κ1) is 17.2. The summed E-state index contributed by atoms with van der Waals surface area (Å²) in [5.41, 5.74) is 5.14. The van der Waals surface area contributed by atoms with Crippen LogP contribution in [-0.2, 0) is 16.6 Å². The van der Waals surface area contributed by atoms with E-state index in [2.05, 4.69) is 36.6 Å². The third kappa shape index (κ3) is 3.77. The molecule has 0 bridgehead atoms. The summed E-state index contributed by atoms with van der Waals surface area (Å²) < 4.78 is 41.6. The van der Waals surface area contributed by atoms with Crippen LogP contribution in [0.15, 0.2) is 31.4 Å². The topological polar surface area (TPSA) is 72.2 Å². The predicted molar refractivity (Wildman–Crippen MR) is 89.6 cm³/mol. The number of benzene rings is 1. The van der Waals surface area contributed by atoms with Crippen LogP contribution in [0.1, 0.15) is 4.88 Å². The Morgan fingerprint density at radius 2 is 2.05 bits per heavy atom. The average Bonchev–Trinajstić information content (AvgIpc) is 2.84. The van der Waals surface area contributed by atoms with E-state index in [1.54, 1.807) is 6.07 Å². The molecule has 0 aliphatic heterocycles. The molecule has 1 heterocycles. The molecule has 0 fully saturated rings. The lowest BCUT2D eigenvalue weighted by Crippen LogP contribution is -2.24. The molecule has 10 heteroatoms. The Morgan fingerprint density at radius 3 is 2.62 bits per heavy atom. The maximum Gasteiger partial charge on any atom is 0.243 e. The molecule has 0 spiro atoms. The Hall–Kier alpha value is -0.190. The summed E-state index contributed by atoms with van der Waals surface area (Å²) in [5.74, 6) is -1.04. The Balaban J connectivity index is 2.32. The van der Waals surface area contributed by atoms with E-state index in [4.69, 9.17) is 17.3 Å². The summed E-state index contributed by atoms with van der Waals surface area (Å²) in [4.78, 5) is 0.200. The first-order valence-corrected chi connectivity index (χ1v) is 9.70. The average molecular weight is 479 g/mol. The number of nitrogens with two attached hydrogens (primary N) is 1. The zero-order chi connectivity index (χ0) is 15.8. The SMILES string of the molecule is Nc1c(F)c(S(=O)(=O)NCc2cc(Br)cs2)cc(Cl)c1Br. The van der Waals surface area contributed by atoms with Gasteiger partial charge in [0.05, 0.1) is 15.2 Å². The van der Waals surface area contributed by atoms with Crippen LogP contribution in [0.25, 0.3) is 0 Å². The molecule has 0 atom stereocenters. The van der Waals surface area contributed by atoms with Crippen molar-refractivity contribution in [1.29, 1.82) is 0 Å². The molecule has 1 aromatic carbocycles. The zero-order valence-electron chi connectivity index (χ0n) is 10.2. The summed E-state index contributed by atoms with van der Waals surface area (Å²) in [5, 5.41) is 1.84. The fraction of sp³-hybridized carbons (Fsp3) is 0.0909. The molecular weight excluding hydrogens is 471 g/mol. The van der Waals surface area contributed by atoms with Gasteiger partial charge >= 0.3 is 0 Å². The molecule has 1 aromatic heterocycles. The van der Waals surface area contributed by atoms with Gasteiger partial charge in [-0.15, -0.1) is 11.3 Å². The maximum absolute atomic E-state index is 14.0. The molecule has 114 valence electrons. The molecular formula is C11H8Br2ClFN2O2S2. The summed E-state index contributed by atoms with van der Waals surface area (Å²) >= 11 is 13.5. The van der Waals surface area contributed by atoms with Crippen molar-refractivity contribution in [3.63, 3.8) is 0 Å². The van der Waals surface area contributed by atoms with E-state index in [0.29, 0.717) is 0 Å². The first-order valence-electron chi connectivity index (χ1n) is 5.38. The lowest BCUT2D eigenvalue weighted by Gasteiger charge is -2.10. The maximum atomic E-state index is 14.0. The molecule has 0 unspecified atom stereocenters. The van der Waals surface area contributed by atoms with Gasteiger partial charge in [-0.1, -0.05) is 11.6 Å². The van der Waals surface area contributed by atoms with Gasteiger partial charge in [0.2, 0.25) is 10.0 Å². The van der Waals surface area contributed by atoms with Crippen LogP contribution in [0.5, 0.6) is 0 Å². The molecule has 0 saturated carbocycles. The van der Waals surface area contributed by atoms with Crippen molar-refractivity contribution in [3.8, 4) is 0 Å². The fourth-order valence-electron chi connectivity index (χ4n) is 1.49. The van der Waals surface area contributed by atoms with Crippen LogP contribution in [0.2, 0.25) is 5.02 Å². The minimum absolute atomic E-state index is 0.0214. The second kappa shape index (κ2) is 6.51. The van der Waals surface area contributed by atoms with Gasteiger partial charge < -0.3 is 5.73 Å². The third-order valence-corrected chi connectivity index (χ3v) is 6.98. The highest BCUT2D eigenvalue weighted by Gasteiger charge is 2.24. The van der Waals surface area contributed by atoms with Gasteiger partial charge in [-0.05, 0) is 44.0 Å². The van der Waals surface area contributed by atoms with Crippen LogP contribution in [0, 0.1) is 5.82 Å². The highest BCUT2D eigenvalue weighted by atomic mass is 79.9. The minimum Gasteiger partial charge on any atom is -0.395 e. The molecule has 4 nitrogen and oxygen atoms in total. The standard InChI is InChI=1S/C11H8Br2ClFN2O2S2/c12-5-1-6(20-4-5)3-17-21(18,19)8-2-7(14)9(13)11(16)10(8)15/h1-2,4,17H,3,16H2. The number of sulfonamides is 1. The lowest BCUT2D eigenvalue weighted by atomic mass is 10.3. The van der Waals surface area contributed by atoms with E-state index in [9.17, 15) is 12.8 Å². The minimum atomic E-state index is -4.06. The number of halogens is 4. The lowest BCUT2D eigenvalue weighted by molar-refractivity contribution is 0.558. The summed E-state index contributed by atoms with van der Waals surface area (Å²) in [7, 11) is -4.06. The highest BCUT2D eigenvalue weighted by molar-refractivity contribution is 9.11. The van der Waals surface area contributed by atoms with Gasteiger partial charge in [-0.2, -0.15) is 0 Å². The number of thiophene rings is 1. The van der Waals surface area contributed by atoms with Crippen LogP contribution in [0.4, 0.5) is 10.1 Å². The summed E-state index contributed by atoms with van der Waals surface area (Å²) in [6.45, 7) is 0.0472. The van der Waals surface area contributed by atoms with Crippen molar-refractivity contribution >= 4 is 70.5 Å². The van der Waals surface area contributed by atoms with Crippen LogP contribution in [0.3, 0.4) is 0 Å². The van der Waals surface area contributed by atoms with Crippen molar-refractivity contribution in [2.45, 2.75) is 11.4 Å². The molecule has 0 radical (unpaired) electrons. The Morgan fingerprint density at radius 1 is 1.38 bits per heavy atom. The van der Waals surface area contributed by atoms with E-state index in [-0.39, 0.29) is 21.7 Å². The molecule has 21 heavy (non-hydrogen) atoms. The van der Waals surface area contributed by atoms with Crippen LogP contribution in [-0.4, -0.2) is 8.42 Å². The number of anilines is 1. The number of rotatable bonds is 4. The van der Waals surface area contributed by atoms with Gasteiger partial charge in [-0.3, -0.25) is 0 Å². The molecule has 0 aliphatic rings. The number of nitrogen functional groups attached to an aromatic ring is 1. The van der Waals surface area contributed by atoms with Crippen molar-refractivity contribution in [2.24, 2.45) is 0 Å². The normalized spacial score (nSPS) is 11.8. The molecule has 2 aromatic rings. The number of hydrogen-bond acceptors (Lipinski definition) is 4. The molecule has 0 amide bonds. The monoisotopic (exact) mass is 476 g/mol. The quantitative estimate of drug-likeness (QED) is 0.513. The van der Waals surface area contributed by atoms with Gasteiger partial charge in [0, 0.05) is 21.3 Å². The van der Waals surface area contributed by atoms with E-state index in [1.807, 2.05) is 5.38 Å². The van der Waals surface area contributed by atoms with E-state index >= 15 is 0 Å². The van der Waals surface area contributed by atoms with Crippen molar-refractivity contribution in [3.05, 3.63) is 42.2 Å². The van der Waals surface area contributed by atoms with E-state index < -0.39 is 20.7 Å². The molecule has 0 aliphatic carbocycles. The largest absolute Gasteiger partial charge is 0.395 e. The smallest absolute Gasteiger partial charge is 0.243 e. The van der Waals surface area contributed by atoms with Crippen LogP contribution >= 0.6 is 54.8 Å². The second-order valence-electron chi connectivity index (χ2n) is 3.95. The fourth-order valence-corrected chi connectivity index (χ4v) is 4.65. The van der Waals surface area contributed by atoms with E-state index in [1.165, 1.54) is 11.3 Å². The Kier molecular flexibility index (Phi) is 5.32. The van der Waals surface area contributed by atoms with Gasteiger partial charge in [0.15, 0.2) is 5.82 Å². The molecule has 3 N–H and O–H groups in total. The number of nitrogens with one attached hydrogen (secondary N) is 1. The van der Waals surface area contributed by atoms with Gasteiger partial charge in [0.25, 0.3) is 0 Å². The summed E-state index contributed by atoms with van der Waals surface area (Å²) in [6, 6.07) is 2.79. The Bertz CT molecular complexity index is 796. The molecule has 2 rings (SSSR count). The molecule has 0 saturated heterocycles.